The van der Waals surface area contributed by atoms with E-state index in [4.69, 9.17) is 16.2 Å². The van der Waals surface area contributed by atoms with Gasteiger partial charge in [0.1, 0.15) is 5.75 Å². The molecule has 1 aromatic heterocycles. The first kappa shape index (κ1) is 9.86. The van der Waals surface area contributed by atoms with E-state index < -0.39 is 0 Å². The average Bonchev–Trinajstić information content (AvgIpc) is 2.63. The molecule has 0 radical (unpaired) electrons. The molecule has 0 fully saturated rings. The largest absolute Gasteiger partial charge is 0.497 e. The maximum Gasteiger partial charge on any atom is 0.121 e. The number of anilines is 1. The molecule has 0 aliphatic heterocycles. The minimum Gasteiger partial charge on any atom is -0.497 e. The number of nitrogens with one attached hydrogen (secondary N) is 1. The van der Waals surface area contributed by atoms with Crippen molar-refractivity contribution in [2.75, 3.05) is 19.4 Å². The third-order valence-corrected chi connectivity index (χ3v) is 2.53. The van der Waals surface area contributed by atoms with Crippen LogP contribution >= 0.6 is 0 Å². The van der Waals surface area contributed by atoms with E-state index in [0.717, 1.165) is 23.1 Å². The number of benzene rings is 1. The van der Waals surface area contributed by atoms with Gasteiger partial charge in [0, 0.05) is 17.6 Å². The minimum atomic E-state index is 0.629. The van der Waals surface area contributed by atoms with Crippen LogP contribution in [-0.4, -0.2) is 18.6 Å². The molecule has 0 saturated carbocycles. The Balaban J connectivity index is 2.61. The number of rotatable bonds is 3. The van der Waals surface area contributed by atoms with Gasteiger partial charge in [-0.1, -0.05) is 0 Å². The smallest absolute Gasteiger partial charge is 0.121 e. The Morgan fingerprint density at radius 2 is 2.20 bits per heavy atom. The van der Waals surface area contributed by atoms with E-state index in [0.29, 0.717) is 12.2 Å². The summed E-state index contributed by atoms with van der Waals surface area (Å²) in [6.07, 6.45) is 2.79. The number of methoxy groups -OCH3 is 1. The van der Waals surface area contributed by atoms with Crippen LogP contribution in [0.4, 0.5) is 5.69 Å². The second-order valence-electron chi connectivity index (χ2n) is 3.49. The highest BCUT2D eigenvalue weighted by atomic mass is 16.5. The molecule has 1 aromatic carbocycles. The zero-order valence-electron chi connectivity index (χ0n) is 8.71. The average molecular weight is 205 g/mol. The number of fused-ring (bicyclic) bond motifs is 1. The molecule has 2 rings (SSSR count). The number of H-pyrrole nitrogens is 1. The van der Waals surface area contributed by atoms with E-state index in [1.54, 1.807) is 7.11 Å². The first-order chi connectivity index (χ1) is 7.26. The Morgan fingerprint density at radius 1 is 1.40 bits per heavy atom. The summed E-state index contributed by atoms with van der Waals surface area (Å²) in [5.74, 6) is 0.776. The Hall–Kier alpha value is -1.68. The third-order valence-electron chi connectivity index (χ3n) is 2.53. The summed E-state index contributed by atoms with van der Waals surface area (Å²) in [4.78, 5) is 3.16. The van der Waals surface area contributed by atoms with Crippen LogP contribution < -0.4 is 16.2 Å². The standard InChI is InChI=1S/C11H15N3O/c1-15-8-4-9-7(2-3-12)6-14-11(9)10(13)5-8/h4-6,14H,2-3,12-13H2,1H3. The van der Waals surface area contributed by atoms with Crippen molar-refractivity contribution < 1.29 is 4.74 Å². The van der Waals surface area contributed by atoms with Crippen LogP contribution in [0.1, 0.15) is 5.56 Å². The fourth-order valence-corrected chi connectivity index (χ4v) is 1.77. The van der Waals surface area contributed by atoms with Gasteiger partial charge in [-0.25, -0.2) is 0 Å². The molecule has 5 N–H and O–H groups in total. The van der Waals surface area contributed by atoms with Gasteiger partial charge in [0.05, 0.1) is 18.3 Å². The van der Waals surface area contributed by atoms with E-state index in [2.05, 4.69) is 4.98 Å². The quantitative estimate of drug-likeness (QED) is 0.660. The van der Waals surface area contributed by atoms with Crippen molar-refractivity contribution in [3.63, 3.8) is 0 Å². The number of nitrogens with two attached hydrogens (primary N) is 2. The highest BCUT2D eigenvalue weighted by Gasteiger charge is 2.07. The molecule has 4 heteroatoms. The summed E-state index contributed by atoms with van der Waals surface area (Å²) < 4.78 is 5.18. The highest BCUT2D eigenvalue weighted by Crippen LogP contribution is 2.29. The molecular weight excluding hydrogens is 190 g/mol. The number of nitrogen functional groups attached to an aromatic ring is 1. The second kappa shape index (κ2) is 3.82. The zero-order chi connectivity index (χ0) is 10.8. The van der Waals surface area contributed by atoms with Gasteiger partial charge < -0.3 is 21.2 Å². The molecule has 1 heterocycles. The molecule has 0 bridgehead atoms. The van der Waals surface area contributed by atoms with Gasteiger partial charge in [-0.05, 0) is 24.6 Å². The molecule has 2 aromatic rings. The zero-order valence-corrected chi connectivity index (χ0v) is 8.71. The van der Waals surface area contributed by atoms with Gasteiger partial charge >= 0.3 is 0 Å². The van der Waals surface area contributed by atoms with Crippen LogP contribution in [0.15, 0.2) is 18.3 Å². The molecule has 80 valence electrons. The molecule has 15 heavy (non-hydrogen) atoms. The van der Waals surface area contributed by atoms with Gasteiger partial charge in [-0.3, -0.25) is 0 Å². The van der Waals surface area contributed by atoms with E-state index in [9.17, 15) is 0 Å². The number of aromatic nitrogens is 1. The monoisotopic (exact) mass is 205 g/mol. The van der Waals surface area contributed by atoms with E-state index in [-0.39, 0.29) is 0 Å². The molecular formula is C11H15N3O. The Bertz CT molecular complexity index is 476. The number of ether oxygens (including phenoxy) is 1. The van der Waals surface area contributed by atoms with Crippen LogP contribution in [0.5, 0.6) is 5.75 Å². The van der Waals surface area contributed by atoms with Crippen molar-refractivity contribution in [3.05, 3.63) is 23.9 Å². The lowest BCUT2D eigenvalue weighted by Crippen LogP contribution is -2.01. The molecule has 0 amide bonds. The summed E-state index contributed by atoms with van der Waals surface area (Å²) in [5, 5.41) is 1.09. The van der Waals surface area contributed by atoms with Crippen molar-refractivity contribution in [1.29, 1.82) is 0 Å². The van der Waals surface area contributed by atoms with Crippen molar-refractivity contribution in [1.82, 2.24) is 4.98 Å². The Labute approximate surface area is 88.2 Å². The van der Waals surface area contributed by atoms with E-state index >= 15 is 0 Å². The maximum absolute atomic E-state index is 5.90. The first-order valence-electron chi connectivity index (χ1n) is 4.89. The fraction of sp³-hybridized carbons (Fsp3) is 0.273. The maximum atomic E-state index is 5.90. The lowest BCUT2D eigenvalue weighted by Gasteiger charge is -2.03. The molecule has 0 saturated heterocycles. The summed E-state index contributed by atoms with van der Waals surface area (Å²) in [5.41, 5.74) is 14.3. The summed E-state index contributed by atoms with van der Waals surface area (Å²) in [6, 6.07) is 3.79. The molecule has 0 aliphatic carbocycles. The summed E-state index contributed by atoms with van der Waals surface area (Å²) >= 11 is 0. The van der Waals surface area contributed by atoms with Crippen LogP contribution in [-0.2, 0) is 6.42 Å². The molecule has 0 atom stereocenters. The predicted molar refractivity (Wildman–Crippen MR) is 62.0 cm³/mol. The normalized spacial score (nSPS) is 10.8. The van der Waals surface area contributed by atoms with Crippen molar-refractivity contribution in [2.24, 2.45) is 5.73 Å². The number of aromatic amines is 1. The van der Waals surface area contributed by atoms with Crippen LogP contribution in [0.3, 0.4) is 0 Å². The lowest BCUT2D eigenvalue weighted by molar-refractivity contribution is 0.415. The fourth-order valence-electron chi connectivity index (χ4n) is 1.77. The molecule has 0 spiro atoms. The summed E-state index contributed by atoms with van der Waals surface area (Å²) in [6.45, 7) is 0.629. The first-order valence-corrected chi connectivity index (χ1v) is 4.89. The number of hydrogen-bond acceptors (Lipinski definition) is 3. The van der Waals surface area contributed by atoms with Crippen LogP contribution in [0, 0.1) is 0 Å². The van der Waals surface area contributed by atoms with Crippen molar-refractivity contribution in [3.8, 4) is 5.75 Å². The third kappa shape index (κ3) is 1.64. The number of hydrogen-bond donors (Lipinski definition) is 3. The Kier molecular flexibility index (Phi) is 2.51. The van der Waals surface area contributed by atoms with E-state index in [1.807, 2.05) is 18.3 Å². The predicted octanol–water partition coefficient (Wildman–Crippen LogP) is 1.26. The lowest BCUT2D eigenvalue weighted by atomic mass is 10.1. The minimum absolute atomic E-state index is 0.629. The van der Waals surface area contributed by atoms with Crippen molar-refractivity contribution >= 4 is 16.6 Å². The highest BCUT2D eigenvalue weighted by molar-refractivity contribution is 5.93. The van der Waals surface area contributed by atoms with E-state index in [1.165, 1.54) is 5.56 Å². The molecule has 0 unspecified atom stereocenters. The van der Waals surface area contributed by atoms with Crippen LogP contribution in [0.2, 0.25) is 0 Å². The van der Waals surface area contributed by atoms with Gasteiger partial charge in [0.2, 0.25) is 0 Å². The van der Waals surface area contributed by atoms with Gasteiger partial charge in [0.15, 0.2) is 0 Å². The van der Waals surface area contributed by atoms with Gasteiger partial charge in [-0.15, -0.1) is 0 Å². The van der Waals surface area contributed by atoms with Gasteiger partial charge in [-0.2, -0.15) is 0 Å². The second-order valence-corrected chi connectivity index (χ2v) is 3.49. The summed E-state index contributed by atoms with van der Waals surface area (Å²) in [7, 11) is 1.63. The molecule has 0 aliphatic rings. The topological polar surface area (TPSA) is 77.1 Å². The van der Waals surface area contributed by atoms with Gasteiger partial charge in [0.25, 0.3) is 0 Å². The SMILES string of the molecule is COc1cc(N)c2[nH]cc(CCN)c2c1. The van der Waals surface area contributed by atoms with Crippen LogP contribution in [0.25, 0.3) is 10.9 Å². The molecule has 4 nitrogen and oxygen atoms in total. The Morgan fingerprint density at radius 3 is 2.87 bits per heavy atom. The van der Waals surface area contributed by atoms with Crippen molar-refractivity contribution in [2.45, 2.75) is 6.42 Å².